The van der Waals surface area contributed by atoms with Crippen LogP contribution < -0.4 is 15.5 Å². The van der Waals surface area contributed by atoms with Gasteiger partial charge in [-0.2, -0.15) is 18.2 Å². The van der Waals surface area contributed by atoms with Crippen LogP contribution in [0.15, 0.2) is 36.4 Å². The molecule has 1 saturated heterocycles. The summed E-state index contributed by atoms with van der Waals surface area (Å²) in [7, 11) is 0. The van der Waals surface area contributed by atoms with Gasteiger partial charge in [-0.3, -0.25) is 0 Å². The Hall–Kier alpha value is -2.42. The molecular formula is C25H32F3N5S. The summed E-state index contributed by atoms with van der Waals surface area (Å²) >= 11 is 5.45. The molecule has 2 atom stereocenters. The minimum atomic E-state index is -4.57. The van der Waals surface area contributed by atoms with E-state index in [2.05, 4.69) is 46.6 Å². The molecule has 0 radical (unpaired) electrons. The first-order chi connectivity index (χ1) is 16.1. The Morgan fingerprint density at radius 2 is 1.74 bits per heavy atom. The van der Waals surface area contributed by atoms with Gasteiger partial charge in [0.25, 0.3) is 0 Å². The number of hydrogen-bond acceptors (Lipinski definition) is 4. The van der Waals surface area contributed by atoms with Crippen molar-refractivity contribution in [1.29, 1.82) is 0 Å². The Bertz CT molecular complexity index is 982. The molecule has 0 unspecified atom stereocenters. The van der Waals surface area contributed by atoms with Crippen molar-refractivity contribution in [3.05, 3.63) is 47.7 Å². The highest BCUT2D eigenvalue weighted by Crippen LogP contribution is 2.40. The van der Waals surface area contributed by atoms with Gasteiger partial charge in [-0.05, 0) is 48.9 Å². The summed E-state index contributed by atoms with van der Waals surface area (Å²) in [5.41, 5.74) is 0.256. The summed E-state index contributed by atoms with van der Waals surface area (Å²) in [6.45, 7) is 6.16. The first kappa shape index (κ1) is 24.7. The van der Waals surface area contributed by atoms with Crippen LogP contribution in [0.2, 0.25) is 0 Å². The zero-order valence-corrected chi connectivity index (χ0v) is 20.5. The maximum Gasteiger partial charge on any atom is 0.433 e. The normalized spacial score (nSPS) is 22.4. The minimum Gasteiger partial charge on any atom is -0.361 e. The summed E-state index contributed by atoms with van der Waals surface area (Å²) in [6.07, 6.45) is 0.852. The largest absolute Gasteiger partial charge is 0.433 e. The number of nitrogens with one attached hydrogen (secondary N) is 2. The lowest BCUT2D eigenvalue weighted by Crippen LogP contribution is -2.41. The number of alkyl halides is 3. The summed E-state index contributed by atoms with van der Waals surface area (Å²) < 4.78 is 40.8. The van der Waals surface area contributed by atoms with Crippen molar-refractivity contribution < 1.29 is 13.2 Å². The number of piperidine rings is 1. The fraction of sp³-hybridized carbons (Fsp3) is 0.560. The predicted molar refractivity (Wildman–Crippen MR) is 133 cm³/mol. The van der Waals surface area contributed by atoms with E-state index < -0.39 is 11.9 Å². The van der Waals surface area contributed by atoms with Crippen LogP contribution in [0.3, 0.4) is 0 Å². The van der Waals surface area contributed by atoms with E-state index in [4.69, 9.17) is 12.2 Å². The average Bonchev–Trinajstić information content (AvgIpc) is 3.27. The number of halogens is 3. The smallest absolute Gasteiger partial charge is 0.361 e. The fourth-order valence-corrected chi connectivity index (χ4v) is 5.62. The fourth-order valence-electron chi connectivity index (χ4n) is 5.45. The third-order valence-electron chi connectivity index (χ3n) is 6.96. The number of thiocarbonyl (C=S) groups is 1. The standard InChI is InChI=1S/C25H32F3N5S/c1-17-12-18(2)15-33(14-17)21-13-20(25(26,27)28)30-22(31-21)32-23(34)29-16-24(10-6-7-11-24)19-8-4-3-5-9-19/h3-5,8-9,13,17-18H,6-7,10-12,14-16H2,1-2H3,(H2,29,30,31,32,34)/t17-,18-/m0/s1. The molecule has 0 bridgehead atoms. The van der Waals surface area contributed by atoms with Crippen molar-refractivity contribution >= 4 is 29.1 Å². The molecule has 5 nitrogen and oxygen atoms in total. The van der Waals surface area contributed by atoms with Crippen molar-refractivity contribution in [2.45, 2.75) is 57.5 Å². The van der Waals surface area contributed by atoms with Gasteiger partial charge in [-0.15, -0.1) is 0 Å². The second-order valence-electron chi connectivity index (χ2n) is 9.94. The van der Waals surface area contributed by atoms with Gasteiger partial charge >= 0.3 is 6.18 Å². The van der Waals surface area contributed by atoms with Crippen LogP contribution in [-0.4, -0.2) is 34.7 Å². The average molecular weight is 492 g/mol. The van der Waals surface area contributed by atoms with Crippen molar-refractivity contribution in [3.63, 3.8) is 0 Å². The maximum absolute atomic E-state index is 13.6. The highest BCUT2D eigenvalue weighted by atomic mass is 32.1. The third-order valence-corrected chi connectivity index (χ3v) is 7.20. The number of aromatic nitrogens is 2. The quantitative estimate of drug-likeness (QED) is 0.518. The van der Waals surface area contributed by atoms with Gasteiger partial charge in [0, 0.05) is 31.1 Å². The molecule has 2 aliphatic rings. The van der Waals surface area contributed by atoms with E-state index in [9.17, 15) is 13.2 Å². The third kappa shape index (κ3) is 5.79. The molecule has 34 heavy (non-hydrogen) atoms. The molecule has 2 N–H and O–H groups in total. The Labute approximate surface area is 204 Å². The second kappa shape index (κ2) is 10.1. The lowest BCUT2D eigenvalue weighted by Gasteiger charge is -2.36. The van der Waals surface area contributed by atoms with Crippen molar-refractivity contribution in [1.82, 2.24) is 15.3 Å². The van der Waals surface area contributed by atoms with Gasteiger partial charge in [0.1, 0.15) is 5.82 Å². The Balaban J connectivity index is 1.50. The molecule has 1 aliphatic carbocycles. The van der Waals surface area contributed by atoms with E-state index >= 15 is 0 Å². The topological polar surface area (TPSA) is 53.1 Å². The van der Waals surface area contributed by atoms with Crippen LogP contribution in [0.4, 0.5) is 24.9 Å². The predicted octanol–water partition coefficient (Wildman–Crippen LogP) is 5.78. The van der Waals surface area contributed by atoms with Crippen LogP contribution in [0.1, 0.15) is 57.2 Å². The van der Waals surface area contributed by atoms with Gasteiger partial charge in [0.2, 0.25) is 5.95 Å². The van der Waals surface area contributed by atoms with Gasteiger partial charge in [0.15, 0.2) is 10.8 Å². The first-order valence-corrected chi connectivity index (χ1v) is 12.4. The van der Waals surface area contributed by atoms with Gasteiger partial charge < -0.3 is 15.5 Å². The lowest BCUT2D eigenvalue weighted by molar-refractivity contribution is -0.141. The van der Waals surface area contributed by atoms with Crippen LogP contribution in [0.5, 0.6) is 0 Å². The minimum absolute atomic E-state index is 0.0348. The number of benzene rings is 1. The van der Waals surface area contributed by atoms with E-state index in [1.54, 1.807) is 0 Å². The molecule has 0 spiro atoms. The summed E-state index contributed by atoms with van der Waals surface area (Å²) in [5, 5.41) is 6.28. The number of rotatable bonds is 5. The van der Waals surface area contributed by atoms with Gasteiger partial charge in [-0.1, -0.05) is 57.0 Å². The van der Waals surface area contributed by atoms with E-state index in [1.807, 2.05) is 23.1 Å². The van der Waals surface area contributed by atoms with Crippen molar-refractivity contribution in [2.24, 2.45) is 11.8 Å². The lowest BCUT2D eigenvalue weighted by atomic mass is 9.79. The van der Waals surface area contributed by atoms with Crippen LogP contribution in [0.25, 0.3) is 0 Å². The van der Waals surface area contributed by atoms with Crippen LogP contribution in [-0.2, 0) is 11.6 Å². The molecule has 1 aliphatic heterocycles. The van der Waals surface area contributed by atoms with Gasteiger partial charge in [-0.25, -0.2) is 4.98 Å². The zero-order valence-electron chi connectivity index (χ0n) is 19.7. The molecule has 2 heterocycles. The van der Waals surface area contributed by atoms with E-state index in [-0.39, 0.29) is 22.3 Å². The SMILES string of the molecule is C[C@H]1C[C@H](C)CN(c2cc(C(F)(F)F)nc(NC(=S)NCC3(c4ccccc4)CCCC3)n2)C1. The number of nitrogens with zero attached hydrogens (tertiary/aromatic N) is 3. The molecule has 2 fully saturated rings. The molecule has 1 aromatic carbocycles. The van der Waals surface area contributed by atoms with E-state index in [1.165, 1.54) is 5.56 Å². The summed E-state index contributed by atoms with van der Waals surface area (Å²) in [5.74, 6) is 0.913. The van der Waals surface area contributed by atoms with E-state index in [0.717, 1.165) is 38.2 Å². The maximum atomic E-state index is 13.6. The van der Waals surface area contributed by atoms with Gasteiger partial charge in [0.05, 0.1) is 0 Å². The van der Waals surface area contributed by atoms with Crippen molar-refractivity contribution in [2.75, 3.05) is 29.9 Å². The van der Waals surface area contributed by atoms with Crippen LogP contribution >= 0.6 is 12.2 Å². The van der Waals surface area contributed by atoms with Crippen molar-refractivity contribution in [3.8, 4) is 0 Å². The Morgan fingerprint density at radius 3 is 2.35 bits per heavy atom. The first-order valence-electron chi connectivity index (χ1n) is 12.0. The monoisotopic (exact) mass is 491 g/mol. The number of hydrogen-bond donors (Lipinski definition) is 2. The Morgan fingerprint density at radius 1 is 1.09 bits per heavy atom. The van der Waals surface area contributed by atoms with E-state index in [0.29, 0.717) is 31.5 Å². The zero-order chi connectivity index (χ0) is 24.3. The molecule has 9 heteroatoms. The second-order valence-corrected chi connectivity index (χ2v) is 10.4. The molecule has 4 rings (SSSR count). The highest BCUT2D eigenvalue weighted by molar-refractivity contribution is 7.80. The van der Waals surface area contributed by atoms with Crippen LogP contribution in [0, 0.1) is 11.8 Å². The molecule has 2 aromatic rings. The highest BCUT2D eigenvalue weighted by Gasteiger charge is 2.36. The Kier molecular flexibility index (Phi) is 7.31. The summed E-state index contributed by atoms with van der Waals surface area (Å²) in [4.78, 5) is 10.1. The molecular weight excluding hydrogens is 459 g/mol. The molecule has 1 aromatic heterocycles. The summed E-state index contributed by atoms with van der Waals surface area (Å²) in [6, 6.07) is 11.4. The molecule has 184 valence electrons. The number of anilines is 2. The molecule has 1 saturated carbocycles. The molecule has 0 amide bonds.